The molecular weight excluding hydrogens is 509 g/mol. The minimum atomic E-state index is -0.295. The van der Waals surface area contributed by atoms with Crippen molar-refractivity contribution in [3.05, 3.63) is 87.7 Å². The zero-order valence-corrected chi connectivity index (χ0v) is 19.0. The van der Waals surface area contributed by atoms with Gasteiger partial charge in [-0.05, 0) is 71.5 Å². The van der Waals surface area contributed by atoms with E-state index >= 15 is 0 Å². The fraction of sp³-hybridized carbons (Fsp3) is 0.0455. The summed E-state index contributed by atoms with van der Waals surface area (Å²) in [6.07, 6.45) is 5.31. The summed E-state index contributed by atoms with van der Waals surface area (Å²) in [5, 5.41) is 8.58. The minimum Gasteiger partial charge on any atom is -0.308 e. The topological polar surface area (TPSA) is 70.2 Å². The molecule has 0 unspecified atom stereocenters. The first kappa shape index (κ1) is 20.3. The van der Waals surface area contributed by atoms with E-state index in [1.54, 1.807) is 18.6 Å². The van der Waals surface area contributed by atoms with Gasteiger partial charge >= 0.3 is 6.03 Å². The highest BCUT2D eigenvalue weighted by atomic mass is 127. The Kier molecular flexibility index (Phi) is 6.24. The van der Waals surface area contributed by atoms with Crippen LogP contribution in [-0.4, -0.2) is 16.0 Å². The third kappa shape index (κ3) is 4.60. The van der Waals surface area contributed by atoms with E-state index in [1.807, 2.05) is 71.8 Å². The number of nitrogens with one attached hydrogen (secondary N) is 2. The highest BCUT2D eigenvalue weighted by molar-refractivity contribution is 14.1. The van der Waals surface area contributed by atoms with Gasteiger partial charge in [0, 0.05) is 27.0 Å². The molecule has 2 amide bonds. The Balaban J connectivity index is 1.63. The molecule has 2 heterocycles. The molecule has 30 heavy (non-hydrogen) atoms. The van der Waals surface area contributed by atoms with E-state index in [9.17, 15) is 4.79 Å². The van der Waals surface area contributed by atoms with Crippen molar-refractivity contribution in [2.45, 2.75) is 6.92 Å². The van der Waals surface area contributed by atoms with E-state index in [4.69, 9.17) is 0 Å². The average Bonchev–Trinajstić information content (AvgIpc) is 3.27. The van der Waals surface area contributed by atoms with Crippen molar-refractivity contribution in [2.24, 2.45) is 0 Å². The van der Waals surface area contributed by atoms with Crippen LogP contribution in [-0.2, 0) is 0 Å². The smallest absolute Gasteiger partial charge is 0.308 e. The number of rotatable bonds is 5. The number of carbonyl (C=O) groups is 1. The van der Waals surface area contributed by atoms with Crippen LogP contribution in [0.2, 0.25) is 0 Å². The summed E-state index contributed by atoms with van der Waals surface area (Å²) in [7, 11) is 0. The summed E-state index contributed by atoms with van der Waals surface area (Å²) >= 11 is 3.73. The Morgan fingerprint density at radius 3 is 2.67 bits per heavy atom. The van der Waals surface area contributed by atoms with E-state index in [0.29, 0.717) is 5.69 Å². The molecular formula is C22H18IN5OS. The molecule has 2 N–H and O–H groups in total. The molecule has 150 valence electrons. The number of hydrogen-bond donors (Lipinski definition) is 2. The fourth-order valence-corrected chi connectivity index (χ4v) is 4.14. The Hall–Kier alpha value is -2.98. The zero-order chi connectivity index (χ0) is 20.9. The lowest BCUT2D eigenvalue weighted by atomic mass is 10.1. The van der Waals surface area contributed by atoms with Gasteiger partial charge in [-0.2, -0.15) is 0 Å². The summed E-state index contributed by atoms with van der Waals surface area (Å²) in [5.41, 5.74) is 4.32. The lowest BCUT2D eigenvalue weighted by Crippen LogP contribution is -2.20. The van der Waals surface area contributed by atoms with Gasteiger partial charge in [0.1, 0.15) is 0 Å². The number of urea groups is 1. The third-order valence-corrected chi connectivity index (χ3v) is 6.04. The quantitative estimate of drug-likeness (QED) is 0.288. The number of carbonyl (C=O) groups excluding carboxylic acids is 1. The number of aromatic nitrogens is 2. The molecule has 0 fully saturated rings. The van der Waals surface area contributed by atoms with Crippen LogP contribution in [0.3, 0.4) is 0 Å². The molecule has 6 nitrogen and oxygen atoms in total. The molecule has 0 saturated carbocycles. The van der Waals surface area contributed by atoms with Crippen LogP contribution in [0.1, 0.15) is 5.56 Å². The monoisotopic (exact) mass is 527 g/mol. The number of amides is 2. The molecule has 2 aromatic carbocycles. The molecule has 0 saturated heterocycles. The number of thiazole rings is 1. The van der Waals surface area contributed by atoms with Gasteiger partial charge in [0.05, 0.1) is 23.3 Å². The molecule has 4 rings (SSSR count). The lowest BCUT2D eigenvalue weighted by Gasteiger charge is -2.24. The second-order valence-corrected chi connectivity index (χ2v) is 8.46. The summed E-state index contributed by atoms with van der Waals surface area (Å²) < 4.78 is 0.973. The minimum absolute atomic E-state index is 0.295. The number of benzene rings is 2. The molecule has 0 aliphatic rings. The van der Waals surface area contributed by atoms with E-state index in [2.05, 4.69) is 43.2 Å². The SMILES string of the molecule is Cc1ccc(NC(=O)Nc2ccccc2I)cc1N(c1cccnc1)c1nccs1. The molecule has 4 aromatic rings. The van der Waals surface area contributed by atoms with Gasteiger partial charge in [-0.3, -0.25) is 9.88 Å². The molecule has 0 spiro atoms. The van der Waals surface area contributed by atoms with Gasteiger partial charge in [0.25, 0.3) is 0 Å². The molecule has 2 aromatic heterocycles. The average molecular weight is 527 g/mol. The molecule has 0 radical (unpaired) electrons. The zero-order valence-electron chi connectivity index (χ0n) is 16.0. The first-order chi connectivity index (χ1) is 14.6. The van der Waals surface area contributed by atoms with Crippen LogP contribution in [0.5, 0.6) is 0 Å². The molecule has 0 bridgehead atoms. The van der Waals surface area contributed by atoms with Crippen LogP contribution < -0.4 is 15.5 Å². The number of pyridine rings is 1. The fourth-order valence-electron chi connectivity index (χ4n) is 2.94. The second-order valence-electron chi connectivity index (χ2n) is 6.42. The lowest BCUT2D eigenvalue weighted by molar-refractivity contribution is 0.262. The van der Waals surface area contributed by atoms with Gasteiger partial charge in [0.2, 0.25) is 0 Å². The Bertz CT molecular complexity index is 1150. The summed E-state index contributed by atoms with van der Waals surface area (Å²) in [6.45, 7) is 2.03. The van der Waals surface area contributed by atoms with Crippen molar-refractivity contribution in [3.63, 3.8) is 0 Å². The van der Waals surface area contributed by atoms with E-state index in [0.717, 1.165) is 31.3 Å². The summed E-state index contributed by atoms with van der Waals surface area (Å²) in [4.78, 5) is 23.3. The van der Waals surface area contributed by atoms with Crippen molar-refractivity contribution >= 4 is 67.8 Å². The van der Waals surface area contributed by atoms with Gasteiger partial charge in [-0.15, -0.1) is 11.3 Å². The van der Waals surface area contributed by atoms with E-state index < -0.39 is 0 Å². The maximum absolute atomic E-state index is 12.5. The predicted octanol–water partition coefficient (Wildman–Crippen LogP) is 6.56. The van der Waals surface area contributed by atoms with Crippen molar-refractivity contribution < 1.29 is 4.79 Å². The van der Waals surface area contributed by atoms with Crippen molar-refractivity contribution in [1.29, 1.82) is 0 Å². The molecule has 0 aliphatic heterocycles. The van der Waals surface area contributed by atoms with Crippen LogP contribution >= 0.6 is 33.9 Å². The summed E-state index contributed by atoms with van der Waals surface area (Å²) in [5.74, 6) is 0. The second kappa shape index (κ2) is 9.23. The van der Waals surface area contributed by atoms with Crippen LogP contribution in [0.25, 0.3) is 0 Å². The molecule has 0 aliphatic carbocycles. The van der Waals surface area contributed by atoms with Gasteiger partial charge in [-0.25, -0.2) is 9.78 Å². The highest BCUT2D eigenvalue weighted by Crippen LogP contribution is 2.38. The van der Waals surface area contributed by atoms with Gasteiger partial charge in [-0.1, -0.05) is 18.2 Å². The van der Waals surface area contributed by atoms with Gasteiger partial charge in [0.15, 0.2) is 5.13 Å². The number of aryl methyl sites for hydroxylation is 1. The van der Waals surface area contributed by atoms with Gasteiger partial charge < -0.3 is 10.6 Å². The van der Waals surface area contributed by atoms with Crippen molar-refractivity contribution in [3.8, 4) is 0 Å². The van der Waals surface area contributed by atoms with Crippen LogP contribution in [0, 0.1) is 10.5 Å². The maximum atomic E-state index is 12.5. The maximum Gasteiger partial charge on any atom is 0.323 e. The third-order valence-electron chi connectivity index (χ3n) is 4.34. The summed E-state index contributed by atoms with van der Waals surface area (Å²) in [6, 6.07) is 17.0. The van der Waals surface area contributed by atoms with E-state index in [-0.39, 0.29) is 6.03 Å². The number of para-hydroxylation sites is 1. The Morgan fingerprint density at radius 1 is 1.07 bits per heavy atom. The van der Waals surface area contributed by atoms with Crippen molar-refractivity contribution in [1.82, 2.24) is 9.97 Å². The molecule has 8 heteroatoms. The van der Waals surface area contributed by atoms with Crippen LogP contribution in [0.15, 0.2) is 78.6 Å². The van der Waals surface area contributed by atoms with Crippen molar-refractivity contribution in [2.75, 3.05) is 15.5 Å². The highest BCUT2D eigenvalue weighted by Gasteiger charge is 2.18. The van der Waals surface area contributed by atoms with Crippen LogP contribution in [0.4, 0.5) is 32.7 Å². The van der Waals surface area contributed by atoms with E-state index in [1.165, 1.54) is 11.3 Å². The normalized spacial score (nSPS) is 10.5. The number of halogens is 1. The number of anilines is 5. The standard InChI is InChI=1S/C22H18IN5OS/c1-15-8-9-16(26-21(29)27-19-7-3-2-6-18(19)23)13-20(15)28(22-25-11-12-30-22)17-5-4-10-24-14-17/h2-14H,1H3,(H2,26,27,29). The predicted molar refractivity (Wildman–Crippen MR) is 131 cm³/mol. The number of nitrogens with zero attached hydrogens (tertiary/aromatic N) is 3. The first-order valence-electron chi connectivity index (χ1n) is 9.14. The first-order valence-corrected chi connectivity index (χ1v) is 11.1. The largest absolute Gasteiger partial charge is 0.323 e. The molecule has 0 atom stereocenters. The number of hydrogen-bond acceptors (Lipinski definition) is 5. The Labute approximate surface area is 192 Å². The Morgan fingerprint density at radius 2 is 1.93 bits per heavy atom.